The van der Waals surface area contributed by atoms with Crippen molar-refractivity contribution in [1.29, 1.82) is 0 Å². The van der Waals surface area contributed by atoms with Gasteiger partial charge in [-0.05, 0) is 30.3 Å². The zero-order chi connectivity index (χ0) is 31.8. The van der Waals surface area contributed by atoms with Crippen LogP contribution in [0.5, 0.6) is 0 Å². The van der Waals surface area contributed by atoms with Gasteiger partial charge in [-0.3, -0.25) is 14.5 Å². The number of β-lactam (4-membered cyclic amide) rings is 1. The molecule has 0 aliphatic carbocycles. The Hall–Kier alpha value is -4.93. The molecule has 3 aromatic heterocycles. The molecule has 14 nitrogen and oxygen atoms in total. The molecule has 4 aromatic rings. The Kier molecular flexibility index (Phi) is 8.18. The van der Waals surface area contributed by atoms with E-state index in [1.807, 2.05) is 22.8 Å². The Morgan fingerprint density at radius 3 is 2.82 bits per heavy atom. The number of carboxylic acid groups (broad SMARTS) is 2. The fourth-order valence-corrected chi connectivity index (χ4v) is 7.03. The Balaban J connectivity index is 1.24. The summed E-state index contributed by atoms with van der Waals surface area (Å²) < 4.78 is 6.95. The van der Waals surface area contributed by atoms with Crippen molar-refractivity contribution in [3.63, 3.8) is 0 Å². The number of nitrogen functional groups attached to an aromatic ring is 1. The number of anilines is 1. The van der Waals surface area contributed by atoms with E-state index in [1.54, 1.807) is 18.3 Å². The van der Waals surface area contributed by atoms with Gasteiger partial charge in [0, 0.05) is 39.2 Å². The van der Waals surface area contributed by atoms with E-state index in [4.69, 9.17) is 26.6 Å². The van der Waals surface area contributed by atoms with Crippen LogP contribution in [0.3, 0.4) is 0 Å². The van der Waals surface area contributed by atoms with Crippen LogP contribution in [0.25, 0.3) is 10.9 Å². The lowest BCUT2D eigenvalue weighted by molar-refractivity contribution is -0.663. The fourth-order valence-electron chi connectivity index (χ4n) is 4.96. The summed E-state index contributed by atoms with van der Waals surface area (Å²) in [6.45, 7) is 0.169. The molecule has 1 saturated heterocycles. The smallest absolute Gasteiger partial charge is 0.355 e. The minimum Gasteiger partial charge on any atom is -0.543 e. The van der Waals surface area contributed by atoms with Gasteiger partial charge in [-0.25, -0.2) is 9.78 Å². The van der Waals surface area contributed by atoms with Gasteiger partial charge in [0.15, 0.2) is 29.3 Å². The molecule has 17 heteroatoms. The van der Waals surface area contributed by atoms with E-state index in [0.29, 0.717) is 10.6 Å². The third-order valence-corrected chi connectivity index (χ3v) is 9.23. The normalized spacial score (nSPS) is 18.7. The number of nitrogens with two attached hydrogens (primary N) is 1. The highest BCUT2D eigenvalue weighted by Gasteiger charge is 2.53. The van der Waals surface area contributed by atoms with Crippen LogP contribution in [0.4, 0.5) is 5.13 Å². The summed E-state index contributed by atoms with van der Waals surface area (Å²) in [4.78, 5) is 61.1. The maximum atomic E-state index is 13.4. The number of hydrogen-bond donors (Lipinski definition) is 3. The van der Waals surface area contributed by atoms with E-state index < -0.39 is 47.0 Å². The van der Waals surface area contributed by atoms with Crippen molar-refractivity contribution in [2.45, 2.75) is 24.1 Å². The maximum absolute atomic E-state index is 13.4. The number of carbonyl (C=O) groups excluding carboxylic acids is 3. The van der Waals surface area contributed by atoms with E-state index in [0.717, 1.165) is 27.1 Å². The molecule has 2 aliphatic heterocycles. The number of carbonyl (C=O) groups is 4. The number of nitrogens with zero attached hydrogens (tertiary/aromatic N) is 4. The van der Waals surface area contributed by atoms with Crippen LogP contribution in [-0.4, -0.2) is 61.6 Å². The monoisotopic (exact) mass is 668 g/mol. The van der Waals surface area contributed by atoms with Gasteiger partial charge in [0.25, 0.3) is 17.9 Å². The number of thioether (sulfide) groups is 1. The molecule has 2 aliphatic rings. The molecule has 0 radical (unpaired) electrons. The number of halogens is 1. The number of thiazole rings is 1. The molecular weight excluding hydrogens is 648 g/mol. The molecule has 6 rings (SSSR count). The lowest BCUT2D eigenvalue weighted by Crippen LogP contribution is -2.71. The highest BCUT2D eigenvalue weighted by atomic mass is 35.5. The first-order chi connectivity index (χ1) is 21.6. The number of furan rings is 1. The summed E-state index contributed by atoms with van der Waals surface area (Å²) in [5.74, 6) is -4.39. The van der Waals surface area contributed by atoms with Gasteiger partial charge in [-0.2, -0.15) is 4.57 Å². The van der Waals surface area contributed by atoms with Crippen LogP contribution < -0.4 is 20.7 Å². The zero-order valence-electron chi connectivity index (χ0n) is 22.8. The molecule has 4 N–H and O–H groups in total. The number of fused-ring (bicyclic) bond motifs is 2. The van der Waals surface area contributed by atoms with Crippen molar-refractivity contribution in [3.05, 3.63) is 88.1 Å². The number of oxime groups is 1. The quantitative estimate of drug-likeness (QED) is 0.0943. The van der Waals surface area contributed by atoms with Gasteiger partial charge in [0.1, 0.15) is 17.1 Å². The Bertz CT molecular complexity index is 1910. The van der Waals surface area contributed by atoms with E-state index in [-0.39, 0.29) is 34.6 Å². The fraction of sp³-hybridized carbons (Fsp3) is 0.179. The van der Waals surface area contributed by atoms with Gasteiger partial charge in [-0.1, -0.05) is 16.8 Å². The molecule has 0 spiro atoms. The predicted molar refractivity (Wildman–Crippen MR) is 159 cm³/mol. The highest BCUT2D eigenvalue weighted by Crippen LogP contribution is 2.40. The van der Waals surface area contributed by atoms with Crippen LogP contribution in [-0.2, 0) is 30.6 Å². The number of aliphatic carboxylic acids is 2. The second-order valence-electron chi connectivity index (χ2n) is 9.79. The molecular formula is C28H21ClN6O8S2. The highest BCUT2D eigenvalue weighted by molar-refractivity contribution is 8.00. The Labute approximate surface area is 266 Å². The number of hydrogen-bond acceptors (Lipinski definition) is 12. The van der Waals surface area contributed by atoms with Crippen molar-refractivity contribution in [1.82, 2.24) is 15.2 Å². The number of aromatic nitrogens is 2. The predicted octanol–water partition coefficient (Wildman–Crippen LogP) is 1.06. The summed E-state index contributed by atoms with van der Waals surface area (Å²) >= 11 is 8.39. The van der Waals surface area contributed by atoms with Crippen LogP contribution in [0, 0.1) is 0 Å². The van der Waals surface area contributed by atoms with Crippen molar-refractivity contribution >= 4 is 80.2 Å². The molecule has 0 bridgehead atoms. The summed E-state index contributed by atoms with van der Waals surface area (Å²) in [6, 6.07) is 10.7. The molecule has 45 heavy (non-hydrogen) atoms. The van der Waals surface area contributed by atoms with Crippen LogP contribution in [0.2, 0.25) is 5.02 Å². The molecule has 0 saturated carbocycles. The average Bonchev–Trinajstić information content (AvgIpc) is 3.69. The first kappa shape index (κ1) is 30.1. The van der Waals surface area contributed by atoms with Gasteiger partial charge in [0.05, 0.1) is 17.9 Å². The second-order valence-corrected chi connectivity index (χ2v) is 12.2. The van der Waals surface area contributed by atoms with Gasteiger partial charge in [0.2, 0.25) is 5.52 Å². The number of amides is 2. The molecule has 1 aromatic carbocycles. The van der Waals surface area contributed by atoms with Gasteiger partial charge < -0.3 is 35.3 Å². The third kappa shape index (κ3) is 5.82. The summed E-state index contributed by atoms with van der Waals surface area (Å²) in [5.41, 5.74) is 6.26. The van der Waals surface area contributed by atoms with Crippen molar-refractivity contribution < 1.29 is 43.2 Å². The van der Waals surface area contributed by atoms with Gasteiger partial charge in [-0.15, -0.1) is 23.1 Å². The summed E-state index contributed by atoms with van der Waals surface area (Å²) in [7, 11) is 0. The van der Waals surface area contributed by atoms with E-state index in [1.165, 1.54) is 35.5 Å². The Morgan fingerprint density at radius 1 is 1.31 bits per heavy atom. The lowest BCUT2D eigenvalue weighted by Gasteiger charge is -2.50. The number of nitrogens with one attached hydrogen (secondary N) is 1. The number of rotatable bonds is 10. The minimum atomic E-state index is -1.68. The first-order valence-corrected chi connectivity index (χ1v) is 15.4. The topological polar surface area (TPSA) is 204 Å². The number of pyridine rings is 1. The lowest BCUT2D eigenvalue weighted by atomic mass is 10.0. The van der Waals surface area contributed by atoms with Crippen LogP contribution in [0.1, 0.15) is 17.6 Å². The second kappa shape index (κ2) is 12.2. The standard InChI is InChI=1S/C28H21ClN6O8S2/c29-15-5-6-17-13(9-15)3-1-7-34(17)10-14-11-44-25-20(24(37)35(25)21(14)26(38)39)32-23(36)19(16-12-45-28(30)31-16)33-43-22(27(40)41)18-4-2-8-42-18/h1-9,12,20,22,25H,10-11H2,(H4-,30,31,32,36,38,39,40,41)/b33-19-/t20-,22?,25+/m1/s1. The van der Waals surface area contributed by atoms with Crippen molar-refractivity contribution in [2.24, 2.45) is 5.16 Å². The van der Waals surface area contributed by atoms with Crippen LogP contribution >= 0.6 is 34.7 Å². The average molecular weight is 669 g/mol. The van der Waals surface area contributed by atoms with Crippen molar-refractivity contribution in [3.8, 4) is 0 Å². The number of benzene rings is 1. The molecule has 5 heterocycles. The summed E-state index contributed by atoms with van der Waals surface area (Å²) in [6.07, 6.45) is 1.36. The molecule has 2 amide bonds. The van der Waals surface area contributed by atoms with Gasteiger partial charge >= 0.3 is 5.97 Å². The molecule has 1 unspecified atom stereocenters. The zero-order valence-corrected chi connectivity index (χ0v) is 25.2. The number of carboxylic acids is 2. The maximum Gasteiger partial charge on any atom is 0.355 e. The van der Waals surface area contributed by atoms with E-state index in [2.05, 4.69) is 15.5 Å². The minimum absolute atomic E-state index is 0.0236. The SMILES string of the molecule is Nc1nc(/C(=N/OC(C(=O)O)c2ccco2)C(=O)N[C@@H]2C(=O)N3C(C(=O)[O-])=C(C[n+]4cccc5cc(Cl)ccc54)CS[C@@H]23)cs1. The van der Waals surface area contributed by atoms with Crippen LogP contribution in [0.15, 0.2) is 81.1 Å². The third-order valence-electron chi connectivity index (χ3n) is 6.98. The summed E-state index contributed by atoms with van der Waals surface area (Å²) in [5, 5.41) is 30.4. The first-order valence-electron chi connectivity index (χ1n) is 13.1. The van der Waals surface area contributed by atoms with E-state index >= 15 is 0 Å². The Morgan fingerprint density at radius 2 is 2.13 bits per heavy atom. The van der Waals surface area contributed by atoms with E-state index in [9.17, 15) is 29.4 Å². The molecule has 1 fully saturated rings. The molecule has 3 atom stereocenters. The largest absolute Gasteiger partial charge is 0.543 e. The molecule has 230 valence electrons. The van der Waals surface area contributed by atoms with Crippen molar-refractivity contribution in [2.75, 3.05) is 11.5 Å².